The van der Waals surface area contributed by atoms with E-state index in [0.29, 0.717) is 19.6 Å². The highest BCUT2D eigenvalue weighted by Crippen LogP contribution is 2.39. The summed E-state index contributed by atoms with van der Waals surface area (Å²) in [6.07, 6.45) is 2.17. The zero-order valence-corrected chi connectivity index (χ0v) is 14.1. The fourth-order valence-corrected chi connectivity index (χ4v) is 3.65. The number of hydrogen-bond acceptors (Lipinski definition) is 5. The molecule has 0 radical (unpaired) electrons. The summed E-state index contributed by atoms with van der Waals surface area (Å²) in [5.41, 5.74) is 1.91. The monoisotopic (exact) mass is 353 g/mol. The molecule has 2 atom stereocenters. The second kappa shape index (κ2) is 6.76. The van der Waals surface area contributed by atoms with Gasteiger partial charge in [0.05, 0.1) is 12.6 Å². The lowest BCUT2D eigenvalue weighted by Crippen LogP contribution is -2.46. The number of carbonyl (C=O) groups excluding carboxylic acids is 2. The van der Waals surface area contributed by atoms with E-state index in [1.165, 1.54) is 12.3 Å². The maximum Gasteiger partial charge on any atom is 0.280 e. The highest BCUT2D eigenvalue weighted by Gasteiger charge is 2.36. The number of ether oxygens (including phenoxy) is 1. The standard InChI is InChI=1S/C19H19N3O4/c23-16-6-3-7-20-18(16)19(25)22-9-12(14-4-1-2-5-15(14)22)8-13-10-26-11-17(24)21-13/h1-7,12-13,23H,8-11H2,(H,21,24). The Labute approximate surface area is 150 Å². The SMILES string of the molecule is O=C1COCC(CC2CN(C(=O)c3ncccc3O)c3ccccc32)N1. The number of anilines is 1. The van der Waals surface area contributed by atoms with E-state index in [1.807, 2.05) is 24.3 Å². The first kappa shape index (κ1) is 16.5. The molecular formula is C19H19N3O4. The number of amides is 2. The summed E-state index contributed by atoms with van der Waals surface area (Å²) in [6, 6.07) is 10.7. The van der Waals surface area contributed by atoms with E-state index in [-0.39, 0.29) is 41.8 Å². The molecule has 2 N–H and O–H groups in total. The lowest BCUT2D eigenvalue weighted by atomic mass is 9.94. The van der Waals surface area contributed by atoms with Crippen molar-refractivity contribution in [3.8, 4) is 5.75 Å². The molecule has 2 unspecified atom stereocenters. The number of hydrogen-bond donors (Lipinski definition) is 2. The van der Waals surface area contributed by atoms with Crippen LogP contribution in [0.5, 0.6) is 5.75 Å². The summed E-state index contributed by atoms with van der Waals surface area (Å²) in [7, 11) is 0. The van der Waals surface area contributed by atoms with Crippen LogP contribution in [-0.4, -0.2) is 47.7 Å². The van der Waals surface area contributed by atoms with Crippen molar-refractivity contribution in [2.24, 2.45) is 0 Å². The van der Waals surface area contributed by atoms with Crippen molar-refractivity contribution in [2.45, 2.75) is 18.4 Å². The van der Waals surface area contributed by atoms with E-state index < -0.39 is 0 Å². The number of nitrogens with zero attached hydrogens (tertiary/aromatic N) is 2. The van der Waals surface area contributed by atoms with Gasteiger partial charge in [-0.25, -0.2) is 4.98 Å². The van der Waals surface area contributed by atoms with Crippen LogP contribution < -0.4 is 10.2 Å². The van der Waals surface area contributed by atoms with Gasteiger partial charge in [-0.3, -0.25) is 9.59 Å². The molecule has 7 heteroatoms. The predicted molar refractivity (Wildman–Crippen MR) is 94.1 cm³/mol. The Balaban J connectivity index is 1.59. The van der Waals surface area contributed by atoms with Gasteiger partial charge in [0.2, 0.25) is 5.91 Å². The van der Waals surface area contributed by atoms with E-state index in [9.17, 15) is 14.7 Å². The molecule has 0 aliphatic carbocycles. The Kier molecular flexibility index (Phi) is 4.30. The summed E-state index contributed by atoms with van der Waals surface area (Å²) in [4.78, 5) is 30.2. The molecule has 1 aromatic heterocycles. The van der Waals surface area contributed by atoms with Crippen LogP contribution in [0.1, 0.15) is 28.4 Å². The third-order valence-electron chi connectivity index (χ3n) is 4.79. The third kappa shape index (κ3) is 3.01. The highest BCUT2D eigenvalue weighted by molar-refractivity contribution is 6.07. The topological polar surface area (TPSA) is 91.8 Å². The second-order valence-electron chi connectivity index (χ2n) is 6.56. The van der Waals surface area contributed by atoms with Crippen molar-refractivity contribution in [1.82, 2.24) is 10.3 Å². The molecule has 2 aromatic rings. The molecule has 7 nitrogen and oxygen atoms in total. The number of aromatic nitrogens is 1. The second-order valence-corrected chi connectivity index (χ2v) is 6.56. The molecule has 2 aliphatic heterocycles. The number of nitrogens with one attached hydrogen (secondary N) is 1. The van der Waals surface area contributed by atoms with Gasteiger partial charge in [0, 0.05) is 24.3 Å². The fraction of sp³-hybridized carbons (Fsp3) is 0.316. The Morgan fingerprint density at radius 3 is 2.96 bits per heavy atom. The first-order valence-corrected chi connectivity index (χ1v) is 8.55. The summed E-state index contributed by atoms with van der Waals surface area (Å²) in [5.74, 6) is -0.500. The van der Waals surface area contributed by atoms with Crippen molar-refractivity contribution in [3.63, 3.8) is 0 Å². The molecule has 1 saturated heterocycles. The molecule has 26 heavy (non-hydrogen) atoms. The predicted octanol–water partition coefficient (Wildman–Crippen LogP) is 1.44. The quantitative estimate of drug-likeness (QED) is 0.871. The number of aromatic hydroxyl groups is 1. The van der Waals surface area contributed by atoms with Crippen LogP contribution in [0.3, 0.4) is 0 Å². The van der Waals surface area contributed by atoms with Crippen molar-refractivity contribution >= 4 is 17.5 Å². The van der Waals surface area contributed by atoms with E-state index >= 15 is 0 Å². The first-order chi connectivity index (χ1) is 12.6. The van der Waals surface area contributed by atoms with Crippen LogP contribution in [0.15, 0.2) is 42.6 Å². The van der Waals surface area contributed by atoms with Crippen molar-refractivity contribution in [1.29, 1.82) is 0 Å². The zero-order valence-electron chi connectivity index (χ0n) is 14.1. The van der Waals surface area contributed by atoms with Gasteiger partial charge in [0.15, 0.2) is 5.69 Å². The van der Waals surface area contributed by atoms with Crippen LogP contribution >= 0.6 is 0 Å². The summed E-state index contributed by atoms with van der Waals surface area (Å²) in [6.45, 7) is 1.04. The van der Waals surface area contributed by atoms with Crippen LogP contribution in [0.2, 0.25) is 0 Å². The number of rotatable bonds is 3. The van der Waals surface area contributed by atoms with Crippen molar-refractivity contribution in [2.75, 3.05) is 24.7 Å². The Morgan fingerprint density at radius 1 is 1.31 bits per heavy atom. The Bertz CT molecular complexity index is 854. The van der Waals surface area contributed by atoms with Crippen molar-refractivity contribution < 1.29 is 19.4 Å². The van der Waals surface area contributed by atoms with Crippen LogP contribution in [0, 0.1) is 0 Å². The maximum atomic E-state index is 12.9. The molecule has 134 valence electrons. The first-order valence-electron chi connectivity index (χ1n) is 8.55. The molecule has 2 amide bonds. The van der Waals surface area contributed by atoms with Gasteiger partial charge >= 0.3 is 0 Å². The molecule has 1 fully saturated rings. The summed E-state index contributed by atoms with van der Waals surface area (Å²) in [5, 5.41) is 12.9. The molecule has 0 saturated carbocycles. The van der Waals surface area contributed by atoms with Gasteiger partial charge in [0.25, 0.3) is 5.91 Å². The minimum atomic E-state index is -0.332. The molecular weight excluding hydrogens is 334 g/mol. The van der Waals surface area contributed by atoms with Gasteiger partial charge in [-0.1, -0.05) is 18.2 Å². The number of carbonyl (C=O) groups is 2. The molecule has 0 spiro atoms. The number of benzene rings is 1. The largest absolute Gasteiger partial charge is 0.505 e. The minimum absolute atomic E-state index is 0.0391. The van der Waals surface area contributed by atoms with Gasteiger partial charge in [-0.15, -0.1) is 0 Å². The minimum Gasteiger partial charge on any atom is -0.505 e. The van der Waals surface area contributed by atoms with Gasteiger partial charge in [-0.2, -0.15) is 0 Å². The lowest BCUT2D eigenvalue weighted by Gasteiger charge is -2.26. The average Bonchev–Trinajstić information content (AvgIpc) is 3.00. The number of para-hydroxylation sites is 1. The van der Waals surface area contributed by atoms with Gasteiger partial charge in [-0.05, 0) is 30.2 Å². The van der Waals surface area contributed by atoms with Gasteiger partial charge < -0.3 is 20.1 Å². The normalized spacial score (nSPS) is 22.0. The third-order valence-corrected chi connectivity index (χ3v) is 4.79. The molecule has 0 bridgehead atoms. The molecule has 1 aromatic carbocycles. The lowest BCUT2D eigenvalue weighted by molar-refractivity contribution is -0.131. The number of fused-ring (bicyclic) bond motifs is 1. The molecule has 3 heterocycles. The Hall–Kier alpha value is -2.93. The Morgan fingerprint density at radius 2 is 2.15 bits per heavy atom. The zero-order chi connectivity index (χ0) is 18.1. The highest BCUT2D eigenvalue weighted by atomic mass is 16.5. The van der Waals surface area contributed by atoms with E-state index in [1.54, 1.807) is 11.0 Å². The fourth-order valence-electron chi connectivity index (χ4n) is 3.65. The molecule has 4 rings (SSSR count). The van der Waals surface area contributed by atoms with Crippen LogP contribution in [0.25, 0.3) is 0 Å². The van der Waals surface area contributed by atoms with Gasteiger partial charge in [0.1, 0.15) is 12.4 Å². The number of pyridine rings is 1. The van der Waals surface area contributed by atoms with E-state index in [0.717, 1.165) is 11.3 Å². The number of morpholine rings is 1. The summed E-state index contributed by atoms with van der Waals surface area (Å²) < 4.78 is 5.32. The van der Waals surface area contributed by atoms with E-state index in [4.69, 9.17) is 4.74 Å². The molecule has 2 aliphatic rings. The smallest absolute Gasteiger partial charge is 0.280 e. The summed E-state index contributed by atoms with van der Waals surface area (Å²) >= 11 is 0. The van der Waals surface area contributed by atoms with Crippen LogP contribution in [-0.2, 0) is 9.53 Å². The maximum absolute atomic E-state index is 12.9. The average molecular weight is 353 g/mol. The van der Waals surface area contributed by atoms with Crippen molar-refractivity contribution in [3.05, 3.63) is 53.9 Å². The van der Waals surface area contributed by atoms with E-state index in [2.05, 4.69) is 10.3 Å². The van der Waals surface area contributed by atoms with Crippen LogP contribution in [0.4, 0.5) is 5.69 Å².